The van der Waals surface area contributed by atoms with Crippen molar-refractivity contribution in [2.45, 2.75) is 45.1 Å². The van der Waals surface area contributed by atoms with Gasteiger partial charge in [-0.05, 0) is 50.1 Å². The van der Waals surface area contributed by atoms with Gasteiger partial charge in [0.1, 0.15) is 12.4 Å². The Hall–Kier alpha value is -3.06. The fourth-order valence-electron chi connectivity index (χ4n) is 3.70. The van der Waals surface area contributed by atoms with E-state index in [1.54, 1.807) is 24.3 Å². The van der Waals surface area contributed by atoms with Crippen molar-refractivity contribution in [2.75, 3.05) is 37.0 Å². The van der Waals surface area contributed by atoms with Crippen LogP contribution in [0, 0.1) is 0 Å². The van der Waals surface area contributed by atoms with E-state index in [0.717, 1.165) is 31.4 Å². The molecule has 0 aromatic heterocycles. The Kier molecular flexibility index (Phi) is 9.37. The first-order valence-electron chi connectivity index (χ1n) is 11.4. The number of hydrogen-bond donors (Lipinski definition) is 3. The second-order valence-electron chi connectivity index (χ2n) is 7.86. The Balaban J connectivity index is 1.46. The minimum atomic E-state index is -0.197. The van der Waals surface area contributed by atoms with Gasteiger partial charge in [-0.3, -0.25) is 9.59 Å². The van der Waals surface area contributed by atoms with Crippen LogP contribution in [0.5, 0.6) is 5.75 Å². The van der Waals surface area contributed by atoms with Gasteiger partial charge in [0.25, 0.3) is 5.91 Å². The highest BCUT2D eigenvalue weighted by molar-refractivity contribution is 5.98. The van der Waals surface area contributed by atoms with Crippen LogP contribution in [-0.2, 0) is 9.53 Å². The Bertz CT molecular complexity index is 881. The normalized spacial score (nSPS) is 13.9. The molecule has 0 atom stereocenters. The second-order valence-corrected chi connectivity index (χ2v) is 7.86. The van der Waals surface area contributed by atoms with E-state index >= 15 is 0 Å². The molecule has 1 saturated carbocycles. The Morgan fingerprint density at radius 3 is 2.56 bits per heavy atom. The summed E-state index contributed by atoms with van der Waals surface area (Å²) in [6.07, 6.45) is 5.64. The van der Waals surface area contributed by atoms with Gasteiger partial charge in [-0.1, -0.05) is 31.4 Å². The first kappa shape index (κ1) is 23.6. The van der Waals surface area contributed by atoms with Gasteiger partial charge in [0, 0.05) is 35.7 Å². The van der Waals surface area contributed by atoms with Crippen LogP contribution in [-0.4, -0.2) is 44.2 Å². The zero-order valence-electron chi connectivity index (χ0n) is 18.7. The molecule has 1 fully saturated rings. The molecule has 2 aromatic carbocycles. The molecule has 2 amide bonds. The molecule has 0 unspecified atom stereocenters. The molecular formula is C25H33N3O4. The highest BCUT2D eigenvalue weighted by Gasteiger charge is 2.17. The molecule has 0 aliphatic heterocycles. The summed E-state index contributed by atoms with van der Waals surface area (Å²) in [5, 5.41) is 9.05. The summed E-state index contributed by atoms with van der Waals surface area (Å²) < 4.78 is 10.9. The van der Waals surface area contributed by atoms with E-state index in [2.05, 4.69) is 16.0 Å². The average Bonchev–Trinajstić information content (AvgIpc) is 2.82. The lowest BCUT2D eigenvalue weighted by molar-refractivity contribution is -0.114. The molecule has 1 aliphatic rings. The molecule has 3 rings (SSSR count). The maximum absolute atomic E-state index is 12.5. The lowest BCUT2D eigenvalue weighted by atomic mass is 9.95. The van der Waals surface area contributed by atoms with Gasteiger partial charge >= 0.3 is 0 Å². The van der Waals surface area contributed by atoms with E-state index in [0.29, 0.717) is 36.8 Å². The number of carbonyl (C=O) groups excluding carboxylic acids is 2. The predicted octanol–water partition coefficient (Wildman–Crippen LogP) is 4.22. The van der Waals surface area contributed by atoms with Gasteiger partial charge in [-0.25, -0.2) is 0 Å². The number of amides is 2. The van der Waals surface area contributed by atoms with Gasteiger partial charge in [-0.2, -0.15) is 0 Å². The lowest BCUT2D eigenvalue weighted by Gasteiger charge is -2.22. The van der Waals surface area contributed by atoms with Crippen LogP contribution < -0.4 is 20.7 Å². The number of hydrogen-bond acceptors (Lipinski definition) is 5. The Morgan fingerprint density at radius 1 is 0.969 bits per heavy atom. The van der Waals surface area contributed by atoms with Crippen LogP contribution in [0.3, 0.4) is 0 Å². The van der Waals surface area contributed by atoms with Crippen LogP contribution in [0.25, 0.3) is 0 Å². The minimum absolute atomic E-state index is 0.0905. The van der Waals surface area contributed by atoms with Crippen molar-refractivity contribution in [3.05, 3.63) is 54.1 Å². The van der Waals surface area contributed by atoms with Gasteiger partial charge in [0.15, 0.2) is 0 Å². The van der Waals surface area contributed by atoms with Crippen LogP contribution in [0.2, 0.25) is 0 Å². The minimum Gasteiger partial charge on any atom is -0.491 e. The van der Waals surface area contributed by atoms with Crippen LogP contribution in [0.15, 0.2) is 48.5 Å². The Morgan fingerprint density at radius 2 is 1.75 bits per heavy atom. The predicted molar refractivity (Wildman–Crippen MR) is 126 cm³/mol. The monoisotopic (exact) mass is 439 g/mol. The van der Waals surface area contributed by atoms with Crippen molar-refractivity contribution < 1.29 is 19.1 Å². The number of nitrogens with one attached hydrogen (secondary N) is 3. The maximum Gasteiger partial charge on any atom is 0.251 e. The van der Waals surface area contributed by atoms with Crippen molar-refractivity contribution >= 4 is 23.2 Å². The Labute approximate surface area is 189 Å². The van der Waals surface area contributed by atoms with Crippen molar-refractivity contribution in [3.8, 4) is 5.75 Å². The molecule has 172 valence electrons. The highest BCUT2D eigenvalue weighted by Crippen LogP contribution is 2.19. The summed E-state index contributed by atoms with van der Waals surface area (Å²) in [6.45, 7) is 3.71. The summed E-state index contributed by atoms with van der Waals surface area (Å²) in [4.78, 5) is 24.9. The molecule has 0 radical (unpaired) electrons. The quantitative estimate of drug-likeness (QED) is 0.456. The molecule has 0 heterocycles. The van der Waals surface area contributed by atoms with Crippen molar-refractivity contribution in [1.29, 1.82) is 0 Å². The summed E-state index contributed by atoms with van der Waals surface area (Å²) in [7, 11) is 0. The topological polar surface area (TPSA) is 88.7 Å². The third-order valence-electron chi connectivity index (χ3n) is 5.34. The van der Waals surface area contributed by atoms with E-state index in [-0.39, 0.29) is 24.4 Å². The second kappa shape index (κ2) is 12.7. The van der Waals surface area contributed by atoms with Gasteiger partial charge in [-0.15, -0.1) is 0 Å². The van der Waals surface area contributed by atoms with Crippen molar-refractivity contribution in [3.63, 3.8) is 0 Å². The largest absolute Gasteiger partial charge is 0.491 e. The third kappa shape index (κ3) is 7.89. The standard InChI is InChI=1S/C25H33N3O4/c1-2-31-14-15-32-23-13-7-11-21(17-23)26-18-24(29)27-22-12-6-8-19(16-22)25(30)28-20-9-4-3-5-10-20/h6-8,11-13,16-17,20,26H,2-5,9-10,14-15,18H2,1H3,(H,27,29)(H,28,30). The molecular weight excluding hydrogens is 406 g/mol. The third-order valence-corrected chi connectivity index (χ3v) is 5.34. The average molecular weight is 440 g/mol. The number of benzene rings is 2. The molecule has 0 spiro atoms. The van der Waals surface area contributed by atoms with Gasteiger partial charge in [0.2, 0.25) is 5.91 Å². The molecule has 7 heteroatoms. The van der Waals surface area contributed by atoms with Crippen LogP contribution >= 0.6 is 0 Å². The zero-order valence-corrected chi connectivity index (χ0v) is 18.7. The summed E-state index contributed by atoms with van der Waals surface area (Å²) in [5.41, 5.74) is 1.94. The number of rotatable bonds is 11. The highest BCUT2D eigenvalue weighted by atomic mass is 16.5. The smallest absolute Gasteiger partial charge is 0.251 e. The fraction of sp³-hybridized carbons (Fsp3) is 0.440. The summed E-state index contributed by atoms with van der Waals surface area (Å²) in [6, 6.07) is 14.7. The summed E-state index contributed by atoms with van der Waals surface area (Å²) >= 11 is 0. The van der Waals surface area contributed by atoms with E-state index < -0.39 is 0 Å². The van der Waals surface area contributed by atoms with Crippen molar-refractivity contribution in [2.24, 2.45) is 0 Å². The molecule has 3 N–H and O–H groups in total. The molecule has 2 aromatic rings. The zero-order chi connectivity index (χ0) is 22.6. The van der Waals surface area contributed by atoms with Crippen LogP contribution in [0.1, 0.15) is 49.4 Å². The molecule has 0 bridgehead atoms. The summed E-state index contributed by atoms with van der Waals surface area (Å²) in [5.74, 6) is 0.427. The molecule has 7 nitrogen and oxygen atoms in total. The first-order valence-corrected chi connectivity index (χ1v) is 11.4. The fourth-order valence-corrected chi connectivity index (χ4v) is 3.70. The van der Waals surface area contributed by atoms with Crippen LogP contribution in [0.4, 0.5) is 11.4 Å². The first-order chi connectivity index (χ1) is 15.6. The van der Waals surface area contributed by atoms with E-state index in [4.69, 9.17) is 9.47 Å². The SMILES string of the molecule is CCOCCOc1cccc(NCC(=O)Nc2cccc(C(=O)NC3CCCCC3)c2)c1. The number of ether oxygens (including phenoxy) is 2. The molecule has 1 aliphatic carbocycles. The molecule has 32 heavy (non-hydrogen) atoms. The van der Waals surface area contributed by atoms with Gasteiger partial charge < -0.3 is 25.4 Å². The number of anilines is 2. The van der Waals surface area contributed by atoms with E-state index in [1.807, 2.05) is 31.2 Å². The van der Waals surface area contributed by atoms with Crippen molar-refractivity contribution in [1.82, 2.24) is 5.32 Å². The van der Waals surface area contributed by atoms with E-state index in [9.17, 15) is 9.59 Å². The molecule has 0 saturated heterocycles. The van der Waals surface area contributed by atoms with Gasteiger partial charge in [0.05, 0.1) is 13.2 Å². The van der Waals surface area contributed by atoms with E-state index in [1.165, 1.54) is 6.42 Å². The number of carbonyl (C=O) groups is 2. The maximum atomic E-state index is 12.5. The lowest BCUT2D eigenvalue weighted by Crippen LogP contribution is -2.36.